The molecule has 98 valence electrons. The van der Waals surface area contributed by atoms with Crippen LogP contribution in [0.2, 0.25) is 0 Å². The number of aliphatic carboxylic acids is 1. The number of hydrogen-bond acceptors (Lipinski definition) is 3. The number of nitrogens with one attached hydrogen (secondary N) is 1. The zero-order chi connectivity index (χ0) is 13.5. The number of carboxylic acids is 1. The van der Waals surface area contributed by atoms with E-state index in [1.54, 1.807) is 25.1 Å². The number of amides is 1. The molecule has 1 rings (SSSR count). The Morgan fingerprint density at radius 3 is 2.78 bits per heavy atom. The maximum Gasteiger partial charge on any atom is 0.303 e. The van der Waals surface area contributed by atoms with Crippen LogP contribution < -0.4 is 11.1 Å². The summed E-state index contributed by atoms with van der Waals surface area (Å²) in [6, 6.07) is 7.14. The summed E-state index contributed by atoms with van der Waals surface area (Å²) in [6.45, 7) is 2.16. The summed E-state index contributed by atoms with van der Waals surface area (Å²) in [7, 11) is 0. The summed E-state index contributed by atoms with van der Waals surface area (Å²) in [5.74, 6) is -1.06. The lowest BCUT2D eigenvalue weighted by atomic mass is 10.1. The molecule has 0 aliphatic carbocycles. The van der Waals surface area contributed by atoms with Crippen LogP contribution >= 0.6 is 0 Å². The van der Waals surface area contributed by atoms with E-state index in [0.717, 1.165) is 5.56 Å². The van der Waals surface area contributed by atoms with E-state index in [-0.39, 0.29) is 24.7 Å². The van der Waals surface area contributed by atoms with Gasteiger partial charge in [0.05, 0.1) is 6.42 Å². The van der Waals surface area contributed by atoms with E-state index in [1.807, 2.05) is 6.07 Å². The van der Waals surface area contributed by atoms with Crippen LogP contribution in [0.3, 0.4) is 0 Å². The Morgan fingerprint density at radius 1 is 1.44 bits per heavy atom. The van der Waals surface area contributed by atoms with Crippen molar-refractivity contribution in [2.75, 3.05) is 12.3 Å². The summed E-state index contributed by atoms with van der Waals surface area (Å²) < 4.78 is 0. The zero-order valence-corrected chi connectivity index (χ0v) is 10.3. The van der Waals surface area contributed by atoms with Gasteiger partial charge in [-0.15, -0.1) is 0 Å². The van der Waals surface area contributed by atoms with Crippen LogP contribution in [0.5, 0.6) is 0 Å². The Balaban J connectivity index is 2.36. The molecule has 1 aromatic carbocycles. The molecule has 0 aliphatic heterocycles. The van der Waals surface area contributed by atoms with Crippen molar-refractivity contribution in [3.05, 3.63) is 29.8 Å². The van der Waals surface area contributed by atoms with Crippen molar-refractivity contribution in [3.8, 4) is 0 Å². The van der Waals surface area contributed by atoms with Crippen molar-refractivity contribution in [3.63, 3.8) is 0 Å². The number of carbonyl (C=O) groups excluding carboxylic acids is 1. The average Bonchev–Trinajstić information content (AvgIpc) is 2.25. The van der Waals surface area contributed by atoms with E-state index < -0.39 is 5.97 Å². The van der Waals surface area contributed by atoms with Crippen molar-refractivity contribution < 1.29 is 14.7 Å². The topological polar surface area (TPSA) is 92.4 Å². The van der Waals surface area contributed by atoms with Crippen molar-refractivity contribution in [1.29, 1.82) is 0 Å². The molecule has 1 unspecified atom stereocenters. The van der Waals surface area contributed by atoms with Crippen LogP contribution in [-0.4, -0.2) is 23.5 Å². The van der Waals surface area contributed by atoms with Crippen LogP contribution in [0.15, 0.2) is 24.3 Å². The molecule has 0 heterocycles. The third kappa shape index (κ3) is 5.34. The van der Waals surface area contributed by atoms with Crippen molar-refractivity contribution in [2.24, 2.45) is 5.92 Å². The standard InChI is InChI=1S/C13H18N2O3/c1-9(5-13(17)18)8-15-12(16)7-10-3-2-4-11(14)6-10/h2-4,6,9H,5,7-8,14H2,1H3,(H,15,16)(H,17,18). The molecule has 0 spiro atoms. The predicted octanol–water partition coefficient (Wildman–Crippen LogP) is 1.04. The molecule has 0 saturated carbocycles. The molecule has 0 aromatic heterocycles. The van der Waals surface area contributed by atoms with Gasteiger partial charge in [0, 0.05) is 18.7 Å². The Bertz CT molecular complexity index is 432. The highest BCUT2D eigenvalue weighted by molar-refractivity contribution is 5.78. The largest absolute Gasteiger partial charge is 0.481 e. The van der Waals surface area contributed by atoms with Crippen LogP contribution in [-0.2, 0) is 16.0 Å². The predicted molar refractivity (Wildman–Crippen MR) is 69.0 cm³/mol. The molecular formula is C13H18N2O3. The number of anilines is 1. The first kappa shape index (κ1) is 14.0. The SMILES string of the molecule is CC(CNC(=O)Cc1cccc(N)c1)CC(=O)O. The maximum atomic E-state index is 11.6. The Morgan fingerprint density at radius 2 is 2.17 bits per heavy atom. The summed E-state index contributed by atoms with van der Waals surface area (Å²) in [6.07, 6.45) is 0.309. The van der Waals surface area contributed by atoms with E-state index in [9.17, 15) is 9.59 Å². The second-order valence-corrected chi connectivity index (χ2v) is 4.43. The number of benzene rings is 1. The fourth-order valence-electron chi connectivity index (χ4n) is 1.61. The third-order valence-corrected chi connectivity index (χ3v) is 2.49. The summed E-state index contributed by atoms with van der Waals surface area (Å²) in [4.78, 5) is 22.1. The van der Waals surface area contributed by atoms with Crippen LogP contribution in [0.25, 0.3) is 0 Å². The minimum Gasteiger partial charge on any atom is -0.481 e. The molecule has 18 heavy (non-hydrogen) atoms. The van der Waals surface area contributed by atoms with Crippen molar-refractivity contribution in [2.45, 2.75) is 19.8 Å². The minimum atomic E-state index is -0.854. The van der Waals surface area contributed by atoms with E-state index in [4.69, 9.17) is 10.8 Å². The molecule has 5 heteroatoms. The van der Waals surface area contributed by atoms with Crippen LogP contribution in [0.4, 0.5) is 5.69 Å². The molecule has 4 N–H and O–H groups in total. The first-order chi connectivity index (χ1) is 8.47. The van der Waals surface area contributed by atoms with E-state index in [0.29, 0.717) is 12.2 Å². The van der Waals surface area contributed by atoms with Gasteiger partial charge in [0.2, 0.25) is 5.91 Å². The second-order valence-electron chi connectivity index (χ2n) is 4.43. The Labute approximate surface area is 106 Å². The van der Waals surface area contributed by atoms with Gasteiger partial charge in [0.1, 0.15) is 0 Å². The van der Waals surface area contributed by atoms with Gasteiger partial charge in [-0.2, -0.15) is 0 Å². The van der Waals surface area contributed by atoms with Gasteiger partial charge in [-0.1, -0.05) is 19.1 Å². The molecule has 5 nitrogen and oxygen atoms in total. The Kier molecular flexibility index (Phi) is 5.17. The monoisotopic (exact) mass is 250 g/mol. The van der Waals surface area contributed by atoms with E-state index in [2.05, 4.69) is 5.32 Å². The quantitative estimate of drug-likeness (QED) is 0.658. The number of hydrogen-bond donors (Lipinski definition) is 3. The lowest BCUT2D eigenvalue weighted by molar-refractivity contribution is -0.138. The molecule has 0 saturated heterocycles. The highest BCUT2D eigenvalue weighted by Crippen LogP contribution is 2.07. The van der Waals surface area contributed by atoms with Crippen molar-refractivity contribution >= 4 is 17.6 Å². The first-order valence-electron chi connectivity index (χ1n) is 5.80. The number of nitrogen functional groups attached to an aromatic ring is 1. The lowest BCUT2D eigenvalue weighted by Crippen LogP contribution is -2.30. The Hall–Kier alpha value is -2.04. The summed E-state index contributed by atoms with van der Waals surface area (Å²) in [5, 5.41) is 11.3. The number of nitrogens with two attached hydrogens (primary N) is 1. The lowest BCUT2D eigenvalue weighted by Gasteiger charge is -2.10. The first-order valence-corrected chi connectivity index (χ1v) is 5.80. The maximum absolute atomic E-state index is 11.6. The number of carboxylic acid groups (broad SMARTS) is 1. The average molecular weight is 250 g/mol. The van der Waals surface area contributed by atoms with Gasteiger partial charge < -0.3 is 16.2 Å². The molecule has 0 bridgehead atoms. The van der Waals surface area contributed by atoms with Gasteiger partial charge >= 0.3 is 5.97 Å². The number of rotatable bonds is 6. The van der Waals surface area contributed by atoms with E-state index in [1.165, 1.54) is 0 Å². The highest BCUT2D eigenvalue weighted by Gasteiger charge is 2.09. The number of carbonyl (C=O) groups is 2. The molecule has 1 amide bonds. The van der Waals surface area contributed by atoms with Gasteiger partial charge in [0.25, 0.3) is 0 Å². The second kappa shape index (κ2) is 6.64. The molecule has 0 radical (unpaired) electrons. The molecule has 1 atom stereocenters. The summed E-state index contributed by atoms with van der Waals surface area (Å²) in [5.41, 5.74) is 7.08. The fraction of sp³-hybridized carbons (Fsp3) is 0.385. The molecule has 0 aliphatic rings. The van der Waals surface area contributed by atoms with Gasteiger partial charge in [-0.3, -0.25) is 9.59 Å². The molecular weight excluding hydrogens is 232 g/mol. The summed E-state index contributed by atoms with van der Waals surface area (Å²) >= 11 is 0. The smallest absolute Gasteiger partial charge is 0.303 e. The van der Waals surface area contributed by atoms with Gasteiger partial charge in [0.15, 0.2) is 0 Å². The molecule has 1 aromatic rings. The van der Waals surface area contributed by atoms with E-state index >= 15 is 0 Å². The zero-order valence-electron chi connectivity index (χ0n) is 10.3. The molecule has 0 fully saturated rings. The third-order valence-electron chi connectivity index (χ3n) is 2.49. The van der Waals surface area contributed by atoms with Crippen LogP contribution in [0.1, 0.15) is 18.9 Å². The van der Waals surface area contributed by atoms with Crippen LogP contribution in [0, 0.1) is 5.92 Å². The minimum absolute atomic E-state index is 0.0541. The normalized spacial score (nSPS) is 11.8. The van der Waals surface area contributed by atoms with Gasteiger partial charge in [-0.05, 0) is 23.6 Å². The highest BCUT2D eigenvalue weighted by atomic mass is 16.4. The van der Waals surface area contributed by atoms with Crippen molar-refractivity contribution in [1.82, 2.24) is 5.32 Å². The fourth-order valence-corrected chi connectivity index (χ4v) is 1.61. The van der Waals surface area contributed by atoms with Gasteiger partial charge in [-0.25, -0.2) is 0 Å².